The minimum Gasteiger partial charge on any atom is -0.507 e. The van der Waals surface area contributed by atoms with Crippen LogP contribution in [0.15, 0.2) is 6.07 Å². The largest absolute Gasteiger partial charge is 0.507 e. The van der Waals surface area contributed by atoms with E-state index in [9.17, 15) is 9.90 Å². The number of rotatable bonds is 1. The molecule has 0 saturated heterocycles. The number of hydrogen-bond acceptors (Lipinski definition) is 3. The van der Waals surface area contributed by atoms with E-state index >= 15 is 0 Å². The van der Waals surface area contributed by atoms with Gasteiger partial charge in [0, 0.05) is 12.5 Å². The summed E-state index contributed by atoms with van der Waals surface area (Å²) in [5.41, 5.74) is 2.33. The van der Waals surface area contributed by atoms with Crippen LogP contribution in [-0.4, -0.2) is 11.1 Å². The predicted octanol–water partition coefficient (Wildman–Crippen LogP) is 2.24. The third kappa shape index (κ3) is 1.87. The van der Waals surface area contributed by atoms with Crippen LogP contribution in [-0.2, 0) is 4.79 Å². The Labute approximate surface area is 83.3 Å². The molecule has 0 unspecified atom stereocenters. The first kappa shape index (κ1) is 10.6. The van der Waals surface area contributed by atoms with Crippen LogP contribution in [0.25, 0.3) is 0 Å². The fourth-order valence-electron chi connectivity index (χ4n) is 1.26. The second-order valence-corrected chi connectivity index (χ2v) is 3.38. The molecule has 1 aromatic carbocycles. The molecule has 14 heavy (non-hydrogen) atoms. The van der Waals surface area contributed by atoms with Crippen molar-refractivity contribution in [1.82, 2.24) is 0 Å². The maximum atomic E-state index is 10.8. The van der Waals surface area contributed by atoms with E-state index in [1.165, 1.54) is 6.92 Å². The molecule has 0 aromatic heterocycles. The fourth-order valence-corrected chi connectivity index (χ4v) is 1.26. The molecule has 76 valence electrons. The Kier molecular flexibility index (Phi) is 2.79. The van der Waals surface area contributed by atoms with Crippen LogP contribution in [0.5, 0.6) is 11.5 Å². The maximum absolute atomic E-state index is 10.8. The smallest absolute Gasteiger partial charge is 0.308 e. The van der Waals surface area contributed by atoms with E-state index in [1.807, 2.05) is 13.8 Å². The van der Waals surface area contributed by atoms with Crippen molar-refractivity contribution in [2.24, 2.45) is 0 Å². The summed E-state index contributed by atoms with van der Waals surface area (Å²) in [5.74, 6) is 0.245. The number of carbonyl (C=O) groups excluding carboxylic acids is 1. The Bertz CT molecular complexity index is 381. The first-order chi connectivity index (χ1) is 6.43. The molecule has 0 spiro atoms. The van der Waals surface area contributed by atoms with Crippen molar-refractivity contribution in [1.29, 1.82) is 0 Å². The highest BCUT2D eigenvalue weighted by molar-refractivity contribution is 5.70. The Balaban J connectivity index is 3.25. The second kappa shape index (κ2) is 3.70. The topological polar surface area (TPSA) is 46.5 Å². The van der Waals surface area contributed by atoms with Crippen molar-refractivity contribution in [3.63, 3.8) is 0 Å². The van der Waals surface area contributed by atoms with Gasteiger partial charge in [-0.15, -0.1) is 0 Å². The first-order valence-electron chi connectivity index (χ1n) is 4.41. The number of aryl methyl sites for hydroxylation is 1. The molecule has 0 radical (unpaired) electrons. The van der Waals surface area contributed by atoms with Crippen LogP contribution in [0.4, 0.5) is 0 Å². The summed E-state index contributed by atoms with van der Waals surface area (Å²) in [6.45, 7) is 6.75. The number of ether oxygens (including phenoxy) is 1. The van der Waals surface area contributed by atoms with Gasteiger partial charge in [0.05, 0.1) is 0 Å². The summed E-state index contributed by atoms with van der Waals surface area (Å²) in [4.78, 5) is 10.8. The lowest BCUT2D eigenvalue weighted by atomic mass is 10.0. The number of benzene rings is 1. The molecule has 1 aromatic rings. The lowest BCUT2D eigenvalue weighted by Gasteiger charge is -2.11. The van der Waals surface area contributed by atoms with Gasteiger partial charge in [-0.05, 0) is 38.0 Å². The molecule has 0 aliphatic rings. The van der Waals surface area contributed by atoms with Crippen molar-refractivity contribution >= 4 is 5.97 Å². The molecule has 3 nitrogen and oxygen atoms in total. The second-order valence-electron chi connectivity index (χ2n) is 3.38. The molecule has 0 aliphatic carbocycles. The van der Waals surface area contributed by atoms with Crippen LogP contribution >= 0.6 is 0 Å². The van der Waals surface area contributed by atoms with Gasteiger partial charge in [0.15, 0.2) is 0 Å². The Morgan fingerprint density at radius 3 is 2.36 bits per heavy atom. The number of hydrogen-bond donors (Lipinski definition) is 1. The quantitative estimate of drug-likeness (QED) is 0.551. The predicted molar refractivity (Wildman–Crippen MR) is 53.6 cm³/mol. The van der Waals surface area contributed by atoms with Gasteiger partial charge in [-0.25, -0.2) is 0 Å². The van der Waals surface area contributed by atoms with Crippen molar-refractivity contribution < 1.29 is 14.6 Å². The Morgan fingerprint density at radius 2 is 1.86 bits per heavy atom. The number of esters is 1. The summed E-state index contributed by atoms with van der Waals surface area (Å²) >= 11 is 0. The van der Waals surface area contributed by atoms with E-state index < -0.39 is 0 Å². The van der Waals surface area contributed by atoms with Crippen LogP contribution in [0.3, 0.4) is 0 Å². The molecule has 0 atom stereocenters. The molecule has 1 rings (SSSR count). The van der Waals surface area contributed by atoms with Crippen LogP contribution in [0.1, 0.15) is 23.6 Å². The standard InChI is InChI=1S/C11H14O3/c1-6-5-10(14-9(4)12)8(3)11(13)7(6)2/h5,13H,1-4H3. The molecule has 0 amide bonds. The van der Waals surface area contributed by atoms with Crippen molar-refractivity contribution in [2.75, 3.05) is 0 Å². The third-order valence-corrected chi connectivity index (χ3v) is 2.27. The van der Waals surface area contributed by atoms with E-state index in [-0.39, 0.29) is 11.7 Å². The van der Waals surface area contributed by atoms with Crippen LogP contribution in [0, 0.1) is 20.8 Å². The van der Waals surface area contributed by atoms with Gasteiger partial charge in [-0.3, -0.25) is 4.79 Å². The molecule has 3 heteroatoms. The number of phenolic OH excluding ortho intramolecular Hbond substituents is 1. The van der Waals surface area contributed by atoms with Gasteiger partial charge in [0.25, 0.3) is 0 Å². The van der Waals surface area contributed by atoms with Gasteiger partial charge in [-0.2, -0.15) is 0 Å². The Morgan fingerprint density at radius 1 is 1.29 bits per heavy atom. The van der Waals surface area contributed by atoms with Crippen LogP contribution < -0.4 is 4.74 Å². The highest BCUT2D eigenvalue weighted by Crippen LogP contribution is 2.32. The van der Waals surface area contributed by atoms with Crippen molar-refractivity contribution in [3.05, 3.63) is 22.8 Å². The van der Waals surface area contributed by atoms with E-state index in [0.717, 1.165) is 11.1 Å². The molecule has 1 N–H and O–H groups in total. The van der Waals surface area contributed by atoms with Gasteiger partial charge in [0.1, 0.15) is 11.5 Å². The molecular weight excluding hydrogens is 180 g/mol. The first-order valence-corrected chi connectivity index (χ1v) is 4.41. The summed E-state index contributed by atoms with van der Waals surface area (Å²) in [6, 6.07) is 1.76. The van der Waals surface area contributed by atoms with Gasteiger partial charge < -0.3 is 9.84 Å². The molecule has 0 heterocycles. The average Bonchev–Trinajstić information content (AvgIpc) is 2.10. The lowest BCUT2D eigenvalue weighted by molar-refractivity contribution is -0.131. The zero-order valence-corrected chi connectivity index (χ0v) is 8.84. The average molecular weight is 194 g/mol. The van der Waals surface area contributed by atoms with Crippen molar-refractivity contribution in [2.45, 2.75) is 27.7 Å². The van der Waals surface area contributed by atoms with Gasteiger partial charge >= 0.3 is 5.97 Å². The summed E-state index contributed by atoms with van der Waals surface area (Å²) in [7, 11) is 0. The number of carbonyl (C=O) groups is 1. The lowest BCUT2D eigenvalue weighted by Crippen LogP contribution is -2.03. The summed E-state index contributed by atoms with van der Waals surface area (Å²) in [5, 5.41) is 9.69. The maximum Gasteiger partial charge on any atom is 0.308 e. The summed E-state index contributed by atoms with van der Waals surface area (Å²) in [6.07, 6.45) is 0. The Hall–Kier alpha value is -1.51. The SMILES string of the molecule is CC(=O)Oc1cc(C)c(C)c(O)c1C. The highest BCUT2D eigenvalue weighted by atomic mass is 16.5. The van der Waals surface area contributed by atoms with E-state index in [4.69, 9.17) is 4.74 Å². The highest BCUT2D eigenvalue weighted by Gasteiger charge is 2.11. The normalized spacial score (nSPS) is 10.0. The number of phenols is 1. The van der Waals surface area contributed by atoms with Crippen LogP contribution in [0.2, 0.25) is 0 Å². The molecule has 0 aliphatic heterocycles. The molecular formula is C11H14O3. The monoisotopic (exact) mass is 194 g/mol. The minimum absolute atomic E-state index is 0.196. The van der Waals surface area contributed by atoms with E-state index in [1.54, 1.807) is 13.0 Å². The fraction of sp³-hybridized carbons (Fsp3) is 0.364. The van der Waals surface area contributed by atoms with E-state index in [0.29, 0.717) is 11.3 Å². The third-order valence-electron chi connectivity index (χ3n) is 2.27. The van der Waals surface area contributed by atoms with Gasteiger partial charge in [0.2, 0.25) is 0 Å². The molecule has 0 bridgehead atoms. The number of aromatic hydroxyl groups is 1. The zero-order valence-electron chi connectivity index (χ0n) is 8.84. The van der Waals surface area contributed by atoms with E-state index in [2.05, 4.69) is 0 Å². The minimum atomic E-state index is -0.379. The molecule has 0 fully saturated rings. The zero-order chi connectivity index (χ0) is 10.9. The summed E-state index contributed by atoms with van der Waals surface area (Å²) < 4.78 is 4.96. The van der Waals surface area contributed by atoms with Crippen molar-refractivity contribution in [3.8, 4) is 11.5 Å². The molecule has 0 saturated carbocycles. The van der Waals surface area contributed by atoms with Gasteiger partial charge in [-0.1, -0.05) is 0 Å².